The molecule has 1 aromatic heterocycles. The Balaban J connectivity index is 1.58. The molecule has 0 saturated carbocycles. The van der Waals surface area contributed by atoms with E-state index in [9.17, 15) is 14.4 Å². The smallest absolute Gasteiger partial charge is 0.235 e. The molecule has 0 aliphatic carbocycles. The van der Waals surface area contributed by atoms with Crippen LogP contribution in [0.3, 0.4) is 0 Å². The van der Waals surface area contributed by atoms with Crippen LogP contribution in [0.1, 0.15) is 37.3 Å². The first-order valence-corrected chi connectivity index (χ1v) is 9.35. The quantitative estimate of drug-likeness (QED) is 0.701. The van der Waals surface area contributed by atoms with Gasteiger partial charge in [0.05, 0.1) is 17.1 Å². The van der Waals surface area contributed by atoms with Crippen molar-refractivity contribution in [3.63, 3.8) is 0 Å². The van der Waals surface area contributed by atoms with Crippen LogP contribution in [0.5, 0.6) is 0 Å². The number of benzene rings is 1. The summed E-state index contributed by atoms with van der Waals surface area (Å²) >= 11 is 0. The Bertz CT molecular complexity index is 913. The highest BCUT2D eigenvalue weighted by Gasteiger charge is 2.31. The van der Waals surface area contributed by atoms with Gasteiger partial charge in [-0.2, -0.15) is 5.10 Å². The minimum Gasteiger partial charge on any atom is -0.326 e. The Kier molecular flexibility index (Phi) is 4.65. The second-order valence-electron chi connectivity index (χ2n) is 7.26. The molecule has 8 nitrogen and oxygen atoms in total. The summed E-state index contributed by atoms with van der Waals surface area (Å²) in [6.45, 7) is 1.74. The molecule has 3 heterocycles. The third-order valence-electron chi connectivity index (χ3n) is 5.43. The van der Waals surface area contributed by atoms with Gasteiger partial charge in [0.2, 0.25) is 17.7 Å². The fraction of sp³-hybridized carbons (Fsp3) is 0.474. The number of anilines is 1. The predicted molar refractivity (Wildman–Crippen MR) is 100 cm³/mol. The molecule has 8 heteroatoms. The lowest BCUT2D eigenvalue weighted by molar-refractivity contribution is -0.134. The Hall–Kier alpha value is -2.74. The standard InChI is InChI=1S/C19H23N5O3/c1-24-15-10-12(21-18(26)11-6-8-20-9-7-11)2-3-13(15)17(23-24)14-4-5-16(25)22-19(14)27/h2-3,10-11,14,20H,4-9H2,1H3,(H,21,26)(H,22,25,27). The first kappa shape index (κ1) is 17.7. The summed E-state index contributed by atoms with van der Waals surface area (Å²) in [6.07, 6.45) is 2.47. The van der Waals surface area contributed by atoms with Crippen LogP contribution in [0.4, 0.5) is 5.69 Å². The lowest BCUT2D eigenvalue weighted by atomic mass is 9.93. The van der Waals surface area contributed by atoms with E-state index in [-0.39, 0.29) is 23.6 Å². The van der Waals surface area contributed by atoms with Gasteiger partial charge in [-0.1, -0.05) is 0 Å². The molecule has 0 radical (unpaired) electrons. The van der Waals surface area contributed by atoms with Gasteiger partial charge < -0.3 is 10.6 Å². The Labute approximate surface area is 156 Å². The number of carbonyl (C=O) groups excluding carboxylic acids is 3. The Morgan fingerprint density at radius 2 is 2.00 bits per heavy atom. The molecule has 2 aliphatic heterocycles. The molecule has 4 rings (SSSR count). The van der Waals surface area contributed by atoms with Crippen molar-refractivity contribution in [1.82, 2.24) is 20.4 Å². The Morgan fingerprint density at radius 3 is 2.74 bits per heavy atom. The zero-order chi connectivity index (χ0) is 19.0. The normalized spacial score (nSPS) is 21.3. The van der Waals surface area contributed by atoms with Crippen molar-refractivity contribution in [2.75, 3.05) is 18.4 Å². The highest BCUT2D eigenvalue weighted by atomic mass is 16.2. The molecule has 2 saturated heterocycles. The molecule has 1 atom stereocenters. The Morgan fingerprint density at radius 1 is 1.22 bits per heavy atom. The number of aryl methyl sites for hydroxylation is 1. The van der Waals surface area contributed by atoms with Crippen LogP contribution in [0.15, 0.2) is 18.2 Å². The van der Waals surface area contributed by atoms with Crippen LogP contribution < -0.4 is 16.0 Å². The maximum Gasteiger partial charge on any atom is 0.235 e. The average Bonchev–Trinajstić information content (AvgIpc) is 2.98. The van der Waals surface area contributed by atoms with Crippen LogP contribution >= 0.6 is 0 Å². The van der Waals surface area contributed by atoms with Crippen LogP contribution in [-0.4, -0.2) is 40.6 Å². The molecular formula is C19H23N5O3. The maximum atomic E-state index is 12.5. The molecule has 0 bridgehead atoms. The lowest BCUT2D eigenvalue weighted by Gasteiger charge is -2.21. The van der Waals surface area contributed by atoms with Gasteiger partial charge in [-0.05, 0) is 50.6 Å². The van der Waals surface area contributed by atoms with Crippen LogP contribution in [0.25, 0.3) is 10.9 Å². The van der Waals surface area contributed by atoms with E-state index >= 15 is 0 Å². The minimum atomic E-state index is -0.429. The SMILES string of the molecule is Cn1nc(C2CCC(=O)NC2=O)c2ccc(NC(=O)C3CCNCC3)cc21. The van der Waals surface area contributed by atoms with Gasteiger partial charge in [-0.25, -0.2) is 0 Å². The number of carbonyl (C=O) groups is 3. The summed E-state index contributed by atoms with van der Waals surface area (Å²) in [4.78, 5) is 36.1. The third kappa shape index (κ3) is 3.44. The van der Waals surface area contributed by atoms with Crippen molar-refractivity contribution in [1.29, 1.82) is 0 Å². The molecule has 2 aromatic rings. The van der Waals surface area contributed by atoms with Gasteiger partial charge in [0.15, 0.2) is 0 Å². The van der Waals surface area contributed by atoms with Crippen LogP contribution in [-0.2, 0) is 21.4 Å². The molecule has 3 N–H and O–H groups in total. The maximum absolute atomic E-state index is 12.5. The van der Waals surface area contributed by atoms with E-state index in [0.29, 0.717) is 18.5 Å². The summed E-state index contributed by atoms with van der Waals surface area (Å²) in [6, 6.07) is 5.62. The summed E-state index contributed by atoms with van der Waals surface area (Å²) in [7, 11) is 1.82. The van der Waals surface area contributed by atoms with Crippen molar-refractivity contribution >= 4 is 34.3 Å². The minimum absolute atomic E-state index is 0.0347. The highest BCUT2D eigenvalue weighted by Crippen LogP contribution is 2.31. The number of amides is 3. The van der Waals surface area contributed by atoms with E-state index in [2.05, 4.69) is 21.0 Å². The number of rotatable bonds is 3. The molecule has 0 spiro atoms. The predicted octanol–water partition coefficient (Wildman–Crippen LogP) is 1.03. The molecule has 142 valence electrons. The number of imide groups is 1. The van der Waals surface area contributed by atoms with Gasteiger partial charge in [-0.15, -0.1) is 0 Å². The molecule has 2 fully saturated rings. The first-order chi connectivity index (χ1) is 13.0. The average molecular weight is 369 g/mol. The fourth-order valence-corrected chi connectivity index (χ4v) is 3.90. The number of aromatic nitrogens is 2. The number of piperidine rings is 2. The summed E-state index contributed by atoms with van der Waals surface area (Å²) in [5, 5.41) is 14.0. The largest absolute Gasteiger partial charge is 0.326 e. The van der Waals surface area contributed by atoms with Crippen molar-refractivity contribution in [3.05, 3.63) is 23.9 Å². The van der Waals surface area contributed by atoms with Gasteiger partial charge in [-0.3, -0.25) is 24.4 Å². The summed E-state index contributed by atoms with van der Waals surface area (Å²) in [5.74, 6) is -0.883. The van der Waals surface area contributed by atoms with Gasteiger partial charge in [0, 0.05) is 30.5 Å². The molecule has 1 unspecified atom stereocenters. The third-order valence-corrected chi connectivity index (χ3v) is 5.43. The van der Waals surface area contributed by atoms with E-state index in [0.717, 1.165) is 42.5 Å². The van der Waals surface area contributed by atoms with Crippen molar-refractivity contribution < 1.29 is 14.4 Å². The molecule has 2 aliphatic rings. The summed E-state index contributed by atoms with van der Waals surface area (Å²) in [5.41, 5.74) is 2.25. The second kappa shape index (κ2) is 7.11. The van der Waals surface area contributed by atoms with Gasteiger partial charge >= 0.3 is 0 Å². The van der Waals surface area contributed by atoms with Crippen molar-refractivity contribution in [2.24, 2.45) is 13.0 Å². The molecule has 27 heavy (non-hydrogen) atoms. The van der Waals surface area contributed by atoms with Crippen LogP contribution in [0, 0.1) is 5.92 Å². The van der Waals surface area contributed by atoms with Crippen molar-refractivity contribution in [3.8, 4) is 0 Å². The number of hydrogen-bond donors (Lipinski definition) is 3. The molecule has 3 amide bonds. The second-order valence-corrected chi connectivity index (χ2v) is 7.26. The number of hydrogen-bond acceptors (Lipinski definition) is 5. The lowest BCUT2D eigenvalue weighted by Crippen LogP contribution is -2.39. The monoisotopic (exact) mass is 369 g/mol. The summed E-state index contributed by atoms with van der Waals surface area (Å²) < 4.78 is 1.72. The van der Waals surface area contributed by atoms with E-state index in [1.54, 1.807) is 4.68 Å². The zero-order valence-corrected chi connectivity index (χ0v) is 15.2. The van der Waals surface area contributed by atoms with E-state index in [1.165, 1.54) is 0 Å². The molecule has 1 aromatic carbocycles. The van der Waals surface area contributed by atoms with Gasteiger partial charge in [0.1, 0.15) is 0 Å². The van der Waals surface area contributed by atoms with E-state index < -0.39 is 5.92 Å². The first-order valence-electron chi connectivity index (χ1n) is 9.35. The highest BCUT2D eigenvalue weighted by molar-refractivity contribution is 6.03. The van der Waals surface area contributed by atoms with E-state index in [1.807, 2.05) is 25.2 Å². The number of fused-ring (bicyclic) bond motifs is 1. The topological polar surface area (TPSA) is 105 Å². The van der Waals surface area contributed by atoms with E-state index in [4.69, 9.17) is 0 Å². The fourth-order valence-electron chi connectivity index (χ4n) is 3.90. The van der Waals surface area contributed by atoms with Crippen molar-refractivity contribution in [2.45, 2.75) is 31.6 Å². The molecular weight excluding hydrogens is 346 g/mol. The van der Waals surface area contributed by atoms with Gasteiger partial charge in [0.25, 0.3) is 0 Å². The number of nitrogens with zero attached hydrogens (tertiary/aromatic N) is 2. The van der Waals surface area contributed by atoms with Crippen LogP contribution in [0.2, 0.25) is 0 Å². The zero-order valence-electron chi connectivity index (χ0n) is 15.2. The number of nitrogens with one attached hydrogen (secondary N) is 3.